The van der Waals surface area contributed by atoms with E-state index in [-0.39, 0.29) is 5.91 Å². The Bertz CT molecular complexity index is 946. The molecular weight excluding hydrogens is 422 g/mol. The first-order valence-corrected chi connectivity index (χ1v) is 10.2. The zero-order chi connectivity index (χ0) is 20.1. The molecule has 1 amide bonds. The fourth-order valence-electron chi connectivity index (χ4n) is 3.08. The number of rotatable bonds is 8. The van der Waals surface area contributed by atoms with Crippen LogP contribution in [-0.2, 0) is 24.7 Å². The van der Waals surface area contributed by atoms with Gasteiger partial charge in [-0.25, -0.2) is 0 Å². The number of amides is 1. The van der Waals surface area contributed by atoms with Crippen molar-refractivity contribution in [2.45, 2.75) is 46.0 Å². The Labute approximate surface area is 172 Å². The van der Waals surface area contributed by atoms with Gasteiger partial charge in [0.05, 0.1) is 5.69 Å². The third-order valence-electron chi connectivity index (χ3n) is 4.39. The van der Waals surface area contributed by atoms with Crippen molar-refractivity contribution in [3.8, 4) is 11.1 Å². The van der Waals surface area contributed by atoms with Crippen LogP contribution in [0.1, 0.15) is 43.6 Å². The molecule has 0 atom stereocenters. The summed E-state index contributed by atoms with van der Waals surface area (Å²) in [6.07, 6.45) is 3.39. The van der Waals surface area contributed by atoms with Gasteiger partial charge in [0.25, 0.3) is 0 Å². The van der Waals surface area contributed by atoms with E-state index in [1.807, 2.05) is 38.2 Å². The molecule has 0 fully saturated rings. The van der Waals surface area contributed by atoms with Crippen LogP contribution in [-0.4, -0.2) is 25.8 Å². The zero-order valence-electron chi connectivity index (χ0n) is 16.3. The smallest absolute Gasteiger partial charge is 0.226 e. The van der Waals surface area contributed by atoms with Crippen molar-refractivity contribution < 1.29 is 9.32 Å². The second-order valence-electron chi connectivity index (χ2n) is 6.70. The van der Waals surface area contributed by atoms with Crippen LogP contribution < -0.4 is 5.32 Å². The van der Waals surface area contributed by atoms with E-state index < -0.39 is 0 Å². The number of hydrogen-bond acceptors (Lipinski definition) is 5. The molecule has 0 saturated carbocycles. The Balaban J connectivity index is 1.63. The van der Waals surface area contributed by atoms with E-state index in [1.54, 1.807) is 4.68 Å². The largest absolute Gasteiger partial charge is 0.339 e. The van der Waals surface area contributed by atoms with Crippen molar-refractivity contribution in [1.82, 2.24) is 19.9 Å². The number of anilines is 1. The van der Waals surface area contributed by atoms with Crippen LogP contribution in [0.25, 0.3) is 11.1 Å². The third-order valence-corrected chi connectivity index (χ3v) is 4.92. The summed E-state index contributed by atoms with van der Waals surface area (Å²) in [6.45, 7) is 4.01. The molecule has 28 heavy (non-hydrogen) atoms. The van der Waals surface area contributed by atoms with E-state index in [4.69, 9.17) is 4.52 Å². The number of hydrogen-bond donors (Lipinski definition) is 1. The minimum atomic E-state index is -0.0605. The van der Waals surface area contributed by atoms with Crippen LogP contribution in [0.4, 0.5) is 5.82 Å². The van der Waals surface area contributed by atoms with Crippen molar-refractivity contribution in [3.05, 3.63) is 46.1 Å². The molecule has 0 aliphatic carbocycles. The molecular formula is C20H24BrN5O2. The molecule has 1 N–H and O–H groups in total. The lowest BCUT2D eigenvalue weighted by Gasteiger charge is -2.09. The quantitative estimate of drug-likeness (QED) is 0.553. The van der Waals surface area contributed by atoms with Gasteiger partial charge in [-0.15, -0.1) is 0 Å². The molecule has 2 heterocycles. The highest BCUT2D eigenvalue weighted by Gasteiger charge is 2.17. The number of halogens is 1. The van der Waals surface area contributed by atoms with E-state index in [0.29, 0.717) is 31.0 Å². The maximum absolute atomic E-state index is 12.5. The molecule has 8 heteroatoms. The highest BCUT2D eigenvalue weighted by Crippen LogP contribution is 2.32. The SMILES string of the molecule is CCCc1noc(CCCC(=O)Nc2c(-c3ccc(Br)cc3)c(C)nn2C)n1. The normalized spacial score (nSPS) is 11.0. The van der Waals surface area contributed by atoms with Crippen molar-refractivity contribution in [2.75, 3.05) is 5.32 Å². The molecule has 0 spiro atoms. The fraction of sp³-hybridized carbons (Fsp3) is 0.400. The monoisotopic (exact) mass is 445 g/mol. The van der Waals surface area contributed by atoms with Crippen molar-refractivity contribution >= 4 is 27.7 Å². The number of carbonyl (C=O) groups excluding carboxylic acids is 1. The van der Waals surface area contributed by atoms with E-state index in [0.717, 1.165) is 40.0 Å². The number of benzene rings is 1. The first-order valence-electron chi connectivity index (χ1n) is 9.38. The number of carbonyl (C=O) groups is 1. The summed E-state index contributed by atoms with van der Waals surface area (Å²) in [5.41, 5.74) is 2.82. The lowest BCUT2D eigenvalue weighted by molar-refractivity contribution is -0.116. The summed E-state index contributed by atoms with van der Waals surface area (Å²) in [5.74, 6) is 1.96. The molecule has 2 aromatic heterocycles. The molecule has 148 valence electrons. The van der Waals surface area contributed by atoms with Crippen LogP contribution in [0, 0.1) is 6.92 Å². The second kappa shape index (κ2) is 9.14. The molecule has 0 aliphatic rings. The van der Waals surface area contributed by atoms with Gasteiger partial charge in [0, 0.05) is 36.3 Å². The Morgan fingerprint density at radius 3 is 2.71 bits per heavy atom. The molecule has 0 bridgehead atoms. The van der Waals surface area contributed by atoms with Crippen molar-refractivity contribution in [3.63, 3.8) is 0 Å². The molecule has 0 radical (unpaired) electrons. The molecule has 0 aliphatic heterocycles. The van der Waals surface area contributed by atoms with Gasteiger partial charge in [0.1, 0.15) is 5.82 Å². The topological polar surface area (TPSA) is 85.8 Å². The molecule has 0 unspecified atom stereocenters. The van der Waals surface area contributed by atoms with Crippen LogP contribution >= 0.6 is 15.9 Å². The van der Waals surface area contributed by atoms with Gasteiger partial charge in [-0.05, 0) is 37.5 Å². The highest BCUT2D eigenvalue weighted by atomic mass is 79.9. The minimum Gasteiger partial charge on any atom is -0.339 e. The lowest BCUT2D eigenvalue weighted by Crippen LogP contribution is -2.15. The van der Waals surface area contributed by atoms with E-state index in [9.17, 15) is 4.79 Å². The Morgan fingerprint density at radius 2 is 2.00 bits per heavy atom. The van der Waals surface area contributed by atoms with Crippen molar-refractivity contribution in [2.24, 2.45) is 7.05 Å². The van der Waals surface area contributed by atoms with Gasteiger partial charge in [0.2, 0.25) is 11.8 Å². The standard InChI is InChI=1S/C20H24BrN5O2/c1-4-6-16-22-18(28-25-16)8-5-7-17(27)23-20-19(13(2)24-26(20)3)14-9-11-15(21)12-10-14/h9-12H,4-8H2,1-3H3,(H,23,27). The summed E-state index contributed by atoms with van der Waals surface area (Å²) in [7, 11) is 1.83. The Kier molecular flexibility index (Phi) is 6.61. The van der Waals surface area contributed by atoms with Crippen LogP contribution in [0.5, 0.6) is 0 Å². The van der Waals surface area contributed by atoms with E-state index in [2.05, 4.69) is 43.4 Å². The maximum atomic E-state index is 12.5. The summed E-state index contributed by atoms with van der Waals surface area (Å²) < 4.78 is 7.93. The highest BCUT2D eigenvalue weighted by molar-refractivity contribution is 9.10. The van der Waals surface area contributed by atoms with Gasteiger partial charge in [0.15, 0.2) is 5.82 Å². The lowest BCUT2D eigenvalue weighted by atomic mass is 10.1. The summed E-state index contributed by atoms with van der Waals surface area (Å²) in [6, 6.07) is 7.97. The van der Waals surface area contributed by atoms with Gasteiger partial charge in [-0.2, -0.15) is 10.1 Å². The summed E-state index contributed by atoms with van der Waals surface area (Å²) >= 11 is 3.45. The summed E-state index contributed by atoms with van der Waals surface area (Å²) in [4.78, 5) is 16.8. The molecule has 7 nitrogen and oxygen atoms in total. The predicted molar refractivity (Wildman–Crippen MR) is 111 cm³/mol. The average molecular weight is 446 g/mol. The molecule has 3 rings (SSSR count). The molecule has 0 saturated heterocycles. The number of nitrogens with zero attached hydrogens (tertiary/aromatic N) is 4. The summed E-state index contributed by atoms with van der Waals surface area (Å²) in [5, 5.41) is 11.4. The van der Waals surface area contributed by atoms with Gasteiger partial charge in [-0.1, -0.05) is 40.1 Å². The molecule has 1 aromatic carbocycles. The maximum Gasteiger partial charge on any atom is 0.226 e. The average Bonchev–Trinajstić information content (AvgIpc) is 3.21. The Hall–Kier alpha value is -2.48. The fourth-order valence-corrected chi connectivity index (χ4v) is 3.34. The van der Waals surface area contributed by atoms with Crippen LogP contribution in [0.2, 0.25) is 0 Å². The minimum absolute atomic E-state index is 0.0605. The number of aromatic nitrogens is 4. The number of nitrogens with one attached hydrogen (secondary N) is 1. The van der Waals surface area contributed by atoms with Crippen LogP contribution in [0.3, 0.4) is 0 Å². The van der Waals surface area contributed by atoms with Gasteiger partial charge < -0.3 is 9.84 Å². The molecule has 3 aromatic rings. The Morgan fingerprint density at radius 1 is 1.25 bits per heavy atom. The van der Waals surface area contributed by atoms with Gasteiger partial charge >= 0.3 is 0 Å². The van der Waals surface area contributed by atoms with E-state index in [1.165, 1.54) is 0 Å². The number of aryl methyl sites for hydroxylation is 4. The first kappa shape index (κ1) is 20.3. The van der Waals surface area contributed by atoms with Gasteiger partial charge in [-0.3, -0.25) is 9.48 Å². The zero-order valence-corrected chi connectivity index (χ0v) is 17.9. The van der Waals surface area contributed by atoms with E-state index >= 15 is 0 Å². The third kappa shape index (κ3) is 4.86. The first-order chi connectivity index (χ1) is 13.5. The predicted octanol–water partition coefficient (Wildman–Crippen LogP) is 4.45. The van der Waals surface area contributed by atoms with Crippen LogP contribution in [0.15, 0.2) is 33.3 Å². The second-order valence-corrected chi connectivity index (χ2v) is 7.61. The van der Waals surface area contributed by atoms with Crippen molar-refractivity contribution in [1.29, 1.82) is 0 Å².